The molecule has 2 saturated heterocycles. The highest BCUT2D eigenvalue weighted by atomic mass is 79.9. The minimum atomic E-state index is -2.04. The van der Waals surface area contributed by atoms with Gasteiger partial charge < -0.3 is 14.6 Å². The molecule has 2 aromatic carbocycles. The van der Waals surface area contributed by atoms with Gasteiger partial charge in [-0.15, -0.1) is 23.2 Å². The van der Waals surface area contributed by atoms with Crippen LogP contribution in [-0.2, 0) is 19.2 Å². The van der Waals surface area contributed by atoms with Crippen molar-refractivity contribution < 1.29 is 33.8 Å². The lowest BCUT2D eigenvalue weighted by atomic mass is 9.56. The molecule has 3 fully saturated rings. The molecule has 2 aromatic rings. The van der Waals surface area contributed by atoms with E-state index in [9.17, 15) is 24.3 Å². The predicted octanol–water partition coefficient (Wildman–Crippen LogP) is 5.09. The van der Waals surface area contributed by atoms with Crippen molar-refractivity contribution in [1.82, 2.24) is 4.90 Å². The Hall–Kier alpha value is -2.60. The predicted molar refractivity (Wildman–Crippen MR) is 161 cm³/mol. The number of phenolic OH excluding ortho intramolecular Hbond substituents is 1. The maximum atomic E-state index is 14.1. The van der Waals surface area contributed by atoms with E-state index in [0.717, 1.165) is 9.37 Å². The molecule has 1 saturated carbocycles. The molecule has 0 radical (unpaired) electrons. The number of rotatable bonds is 5. The summed E-state index contributed by atoms with van der Waals surface area (Å²) in [6.45, 7) is 0. The van der Waals surface area contributed by atoms with Gasteiger partial charge in [0.1, 0.15) is 17.2 Å². The van der Waals surface area contributed by atoms with Crippen molar-refractivity contribution in [2.75, 3.05) is 24.6 Å². The van der Waals surface area contributed by atoms with E-state index in [-0.39, 0.29) is 41.5 Å². The normalized spacial score (nSPS) is 32.0. The number of fused-ring (bicyclic) bond motifs is 4. The Labute approximate surface area is 268 Å². The standard InChI is InChI=1S/C29H24Br2Cl2N2O7/c1-41-19-9-15(36)10-20(42-2)22(19)23-16-7-8-17-21(25(38)35(24(17)37)14-5-3-13(31)4-6-14)18(16)11-28(32)26(39)34(12-30)27(40)29(23,28)33/h3-7,9-10,17-18,21,23,36H,8,11-12H2,1-2H3/t17-,18+,21-,23+,28+,29-/m0/s1. The average Bonchev–Trinajstić information content (AvgIpc) is 3.31. The van der Waals surface area contributed by atoms with Crippen LogP contribution in [-0.4, -0.2) is 63.1 Å². The van der Waals surface area contributed by atoms with Crippen LogP contribution in [0.5, 0.6) is 17.2 Å². The lowest BCUT2D eigenvalue weighted by Gasteiger charge is -2.51. The summed E-state index contributed by atoms with van der Waals surface area (Å²) >= 11 is 21.2. The molecule has 42 heavy (non-hydrogen) atoms. The van der Waals surface area contributed by atoms with Crippen molar-refractivity contribution in [2.45, 2.75) is 28.5 Å². The molecule has 6 atom stereocenters. The number of aromatic hydroxyl groups is 1. The van der Waals surface area contributed by atoms with Gasteiger partial charge in [-0.25, -0.2) is 0 Å². The number of amides is 4. The largest absolute Gasteiger partial charge is 0.508 e. The van der Waals surface area contributed by atoms with Crippen molar-refractivity contribution in [1.29, 1.82) is 0 Å². The van der Waals surface area contributed by atoms with Gasteiger partial charge in [-0.3, -0.25) is 29.0 Å². The van der Waals surface area contributed by atoms with Crippen molar-refractivity contribution in [3.63, 3.8) is 0 Å². The topological polar surface area (TPSA) is 113 Å². The number of anilines is 1. The van der Waals surface area contributed by atoms with E-state index < -0.39 is 51.1 Å². The van der Waals surface area contributed by atoms with E-state index in [1.54, 1.807) is 24.3 Å². The number of nitrogens with zero attached hydrogens (tertiary/aromatic N) is 2. The highest BCUT2D eigenvalue weighted by Gasteiger charge is 2.76. The first-order chi connectivity index (χ1) is 19.9. The van der Waals surface area contributed by atoms with Crippen molar-refractivity contribution in [2.24, 2.45) is 17.8 Å². The number of allylic oxidation sites excluding steroid dienone is 2. The number of halogens is 4. The van der Waals surface area contributed by atoms with E-state index in [1.165, 1.54) is 31.3 Å². The summed E-state index contributed by atoms with van der Waals surface area (Å²) in [7, 11) is 2.78. The fraction of sp³-hybridized carbons (Fsp3) is 0.379. The van der Waals surface area contributed by atoms with Crippen LogP contribution in [0.3, 0.4) is 0 Å². The minimum absolute atomic E-state index is 0.144. The molecule has 6 rings (SSSR count). The van der Waals surface area contributed by atoms with Crippen molar-refractivity contribution >= 4 is 84.4 Å². The third-order valence-corrected chi connectivity index (χ3v) is 11.4. The van der Waals surface area contributed by atoms with Crippen LogP contribution in [0.25, 0.3) is 0 Å². The lowest BCUT2D eigenvalue weighted by molar-refractivity contribution is -0.138. The number of hydrogen-bond donors (Lipinski definition) is 1. The first-order valence-corrected chi connectivity index (χ1v) is 15.7. The molecule has 9 nitrogen and oxygen atoms in total. The molecule has 1 N–H and O–H groups in total. The van der Waals surface area contributed by atoms with Gasteiger partial charge in [-0.05, 0) is 43.0 Å². The van der Waals surface area contributed by atoms with Crippen molar-refractivity contribution in [3.05, 3.63) is 58.1 Å². The summed E-state index contributed by atoms with van der Waals surface area (Å²) in [5.41, 5.74) is 1.17. The zero-order valence-corrected chi connectivity index (χ0v) is 27.0. The number of likely N-dealkylation sites (tertiary alicyclic amines) is 1. The molecule has 0 bridgehead atoms. The molecular formula is C29H24Br2Cl2N2O7. The summed E-state index contributed by atoms with van der Waals surface area (Å²) in [4.78, 5) is 53.8. The molecule has 220 valence electrons. The molecule has 2 aliphatic heterocycles. The number of carbonyl (C=O) groups is 4. The van der Waals surface area contributed by atoms with Crippen LogP contribution >= 0.6 is 55.1 Å². The quantitative estimate of drug-likeness (QED) is 0.197. The molecule has 0 spiro atoms. The average molecular weight is 743 g/mol. The van der Waals surface area contributed by atoms with E-state index in [0.29, 0.717) is 16.8 Å². The molecule has 0 aromatic heterocycles. The Balaban J connectivity index is 1.57. The zero-order chi connectivity index (χ0) is 30.3. The SMILES string of the molecule is COc1cc(O)cc(OC)c1[C@H]1C2=CC[C@@H]3C(=O)N(c4ccc(Br)cc4)C(=O)[C@@H]3[C@@H]2C[C@@]2(Cl)C(=O)N(CBr)C(=O)[C@@]12Cl. The lowest BCUT2D eigenvalue weighted by Crippen LogP contribution is -2.60. The van der Waals surface area contributed by atoms with Gasteiger partial charge in [0, 0.05) is 28.1 Å². The number of alkyl halides is 3. The fourth-order valence-electron chi connectivity index (χ4n) is 7.12. The Bertz CT molecular complexity index is 1560. The number of hydrogen-bond acceptors (Lipinski definition) is 7. The van der Waals surface area contributed by atoms with Gasteiger partial charge in [0.25, 0.3) is 11.8 Å². The third kappa shape index (κ3) is 3.79. The Morgan fingerprint density at radius 1 is 0.976 bits per heavy atom. The highest BCUT2D eigenvalue weighted by molar-refractivity contribution is 9.10. The summed E-state index contributed by atoms with van der Waals surface area (Å²) in [6, 6.07) is 9.56. The smallest absolute Gasteiger partial charge is 0.254 e. The molecule has 4 amide bonds. The summed E-state index contributed by atoms with van der Waals surface area (Å²) in [6.07, 6.45) is 1.89. The van der Waals surface area contributed by atoms with Gasteiger partial charge in [0.2, 0.25) is 11.8 Å². The molecular weight excluding hydrogens is 719 g/mol. The first kappa shape index (κ1) is 29.5. The van der Waals surface area contributed by atoms with Gasteiger partial charge in [0.05, 0.1) is 37.2 Å². The van der Waals surface area contributed by atoms with Gasteiger partial charge in [-0.2, -0.15) is 0 Å². The van der Waals surface area contributed by atoms with Crippen LogP contribution < -0.4 is 14.4 Å². The highest BCUT2D eigenvalue weighted by Crippen LogP contribution is 2.67. The van der Waals surface area contributed by atoms with Crippen LogP contribution in [0.15, 0.2) is 52.5 Å². The second-order valence-electron chi connectivity index (χ2n) is 10.7. The van der Waals surface area contributed by atoms with Gasteiger partial charge in [0.15, 0.2) is 9.75 Å². The summed E-state index contributed by atoms with van der Waals surface area (Å²) in [5.74, 6) is -5.39. The number of carbonyl (C=O) groups excluding carboxylic acids is 4. The van der Waals surface area contributed by atoms with Crippen LogP contribution in [0.2, 0.25) is 0 Å². The number of imide groups is 2. The fourth-order valence-corrected chi connectivity index (χ4v) is 8.80. The number of benzene rings is 2. The Morgan fingerprint density at radius 3 is 2.17 bits per heavy atom. The van der Waals surface area contributed by atoms with Crippen LogP contribution in [0.4, 0.5) is 5.69 Å². The second-order valence-corrected chi connectivity index (χ2v) is 13.4. The minimum Gasteiger partial charge on any atom is -0.508 e. The van der Waals surface area contributed by atoms with Gasteiger partial charge >= 0.3 is 0 Å². The number of methoxy groups -OCH3 is 2. The summed E-state index contributed by atoms with van der Waals surface area (Å²) in [5, 5.41) is 10.4. The molecule has 4 aliphatic rings. The monoisotopic (exact) mass is 740 g/mol. The third-order valence-electron chi connectivity index (χ3n) is 8.92. The number of phenols is 1. The second kappa shape index (κ2) is 10.2. The maximum Gasteiger partial charge on any atom is 0.254 e. The Morgan fingerprint density at radius 2 is 1.60 bits per heavy atom. The van der Waals surface area contributed by atoms with Crippen LogP contribution in [0, 0.1) is 17.8 Å². The zero-order valence-electron chi connectivity index (χ0n) is 22.3. The Kier molecular flexibility index (Phi) is 7.19. The van der Waals surface area contributed by atoms with E-state index in [1.807, 2.05) is 6.08 Å². The molecule has 2 aliphatic carbocycles. The molecule has 13 heteroatoms. The number of ether oxygens (including phenoxy) is 2. The first-order valence-electron chi connectivity index (χ1n) is 13.0. The molecule has 0 unspecified atom stereocenters. The van der Waals surface area contributed by atoms with Crippen molar-refractivity contribution in [3.8, 4) is 17.2 Å². The van der Waals surface area contributed by atoms with Gasteiger partial charge in [-0.1, -0.05) is 43.5 Å². The molecule has 2 heterocycles. The maximum absolute atomic E-state index is 14.1. The van der Waals surface area contributed by atoms with E-state index in [4.69, 9.17) is 32.7 Å². The summed E-state index contributed by atoms with van der Waals surface area (Å²) < 4.78 is 12.1. The van der Waals surface area contributed by atoms with Crippen LogP contribution in [0.1, 0.15) is 24.3 Å². The van der Waals surface area contributed by atoms with E-state index in [2.05, 4.69) is 31.9 Å². The van der Waals surface area contributed by atoms with E-state index >= 15 is 0 Å².